The zero-order valence-corrected chi connectivity index (χ0v) is 17.9. The molecule has 0 spiro atoms. The Balaban J connectivity index is 0.00000256. The number of carboxylic acid groups (broad SMARTS) is 1. The van der Waals surface area contributed by atoms with Crippen LogP contribution in [0.1, 0.15) is 40.7 Å². The number of carbonyl (C=O) groups is 2. The lowest BCUT2D eigenvalue weighted by Gasteiger charge is -2.32. The maximum absolute atomic E-state index is 13.4. The van der Waals surface area contributed by atoms with Crippen molar-refractivity contribution in [3.8, 4) is 0 Å². The molecule has 5 nitrogen and oxygen atoms in total. The maximum atomic E-state index is 13.4. The first-order valence-electron chi connectivity index (χ1n) is 10.6. The molecular formula is C24H29ClN2O3. The van der Waals surface area contributed by atoms with Gasteiger partial charge in [0.25, 0.3) is 5.91 Å². The largest absolute Gasteiger partial charge is 0.481 e. The van der Waals surface area contributed by atoms with E-state index in [-0.39, 0.29) is 24.2 Å². The molecule has 1 saturated heterocycles. The zero-order valence-electron chi connectivity index (χ0n) is 17.1. The van der Waals surface area contributed by atoms with Gasteiger partial charge in [0.15, 0.2) is 0 Å². The zero-order chi connectivity index (χ0) is 20.2. The number of benzene rings is 2. The molecule has 1 fully saturated rings. The average molecular weight is 429 g/mol. The van der Waals surface area contributed by atoms with Gasteiger partial charge < -0.3 is 14.9 Å². The summed E-state index contributed by atoms with van der Waals surface area (Å²) < 4.78 is 0. The fourth-order valence-corrected chi connectivity index (χ4v) is 4.59. The summed E-state index contributed by atoms with van der Waals surface area (Å²) in [6.45, 7) is 3.01. The number of hydrogen-bond donors (Lipinski definition) is 1. The fraction of sp³-hybridized carbons (Fsp3) is 0.417. The number of anilines is 1. The first-order chi connectivity index (χ1) is 14.1. The van der Waals surface area contributed by atoms with Crippen molar-refractivity contribution >= 4 is 30.0 Å². The molecule has 1 amide bonds. The van der Waals surface area contributed by atoms with Gasteiger partial charge in [-0.25, -0.2) is 0 Å². The van der Waals surface area contributed by atoms with Crippen molar-refractivity contribution in [1.82, 2.24) is 4.90 Å². The number of fused-ring (bicyclic) bond motifs is 2. The number of para-hydroxylation sites is 1. The van der Waals surface area contributed by atoms with Gasteiger partial charge in [-0.3, -0.25) is 9.59 Å². The number of carbonyl (C=O) groups excluding carboxylic acids is 1. The number of halogens is 1. The van der Waals surface area contributed by atoms with Gasteiger partial charge >= 0.3 is 5.97 Å². The van der Waals surface area contributed by atoms with Crippen LogP contribution in [-0.2, 0) is 17.6 Å². The van der Waals surface area contributed by atoms with Gasteiger partial charge in [0.2, 0.25) is 0 Å². The molecule has 30 heavy (non-hydrogen) atoms. The highest BCUT2D eigenvalue weighted by molar-refractivity contribution is 6.07. The number of aliphatic carboxylic acids is 1. The minimum Gasteiger partial charge on any atom is -0.481 e. The van der Waals surface area contributed by atoms with E-state index in [0.29, 0.717) is 13.1 Å². The first-order valence-corrected chi connectivity index (χ1v) is 10.6. The van der Waals surface area contributed by atoms with Crippen molar-refractivity contribution in [3.63, 3.8) is 0 Å². The van der Waals surface area contributed by atoms with Crippen molar-refractivity contribution in [2.45, 2.75) is 32.1 Å². The molecule has 2 heterocycles. The lowest BCUT2D eigenvalue weighted by atomic mass is 9.95. The van der Waals surface area contributed by atoms with Crippen LogP contribution in [0.15, 0.2) is 48.5 Å². The van der Waals surface area contributed by atoms with Crippen LogP contribution in [0.3, 0.4) is 0 Å². The molecule has 0 radical (unpaired) electrons. The summed E-state index contributed by atoms with van der Waals surface area (Å²) in [5, 5.41) is 9.30. The number of piperidine rings is 1. The minimum atomic E-state index is -0.695. The van der Waals surface area contributed by atoms with Gasteiger partial charge in [0, 0.05) is 24.3 Å². The van der Waals surface area contributed by atoms with E-state index in [1.54, 1.807) is 0 Å². The molecule has 160 valence electrons. The predicted octanol–water partition coefficient (Wildman–Crippen LogP) is 4.04. The fourth-order valence-electron chi connectivity index (χ4n) is 4.59. The van der Waals surface area contributed by atoms with Gasteiger partial charge in [0.1, 0.15) is 0 Å². The monoisotopic (exact) mass is 428 g/mol. The Morgan fingerprint density at radius 2 is 1.70 bits per heavy atom. The lowest BCUT2D eigenvalue weighted by molar-refractivity contribution is -0.143. The molecule has 2 aliphatic heterocycles. The van der Waals surface area contributed by atoms with Crippen LogP contribution in [0.4, 0.5) is 5.69 Å². The molecule has 2 aromatic carbocycles. The molecule has 6 heteroatoms. The minimum absolute atomic E-state index is 0. The molecule has 4 rings (SSSR count). The van der Waals surface area contributed by atoms with Crippen molar-refractivity contribution in [2.75, 3.05) is 31.1 Å². The smallest absolute Gasteiger partial charge is 0.307 e. The Kier molecular flexibility index (Phi) is 7.51. The average Bonchev–Trinajstić information content (AvgIpc) is 2.75. The molecule has 2 aliphatic rings. The van der Waals surface area contributed by atoms with Gasteiger partial charge in [-0.1, -0.05) is 36.4 Å². The summed E-state index contributed by atoms with van der Waals surface area (Å²) in [7, 11) is 0. The van der Waals surface area contributed by atoms with Crippen LogP contribution in [0.2, 0.25) is 0 Å². The van der Waals surface area contributed by atoms with Gasteiger partial charge in [-0.05, 0) is 68.5 Å². The third-order valence-corrected chi connectivity index (χ3v) is 6.15. The summed E-state index contributed by atoms with van der Waals surface area (Å²) in [5.41, 5.74) is 4.12. The molecular weight excluding hydrogens is 400 g/mol. The molecule has 0 unspecified atom stereocenters. The molecule has 1 atom stereocenters. The maximum Gasteiger partial charge on any atom is 0.307 e. The van der Waals surface area contributed by atoms with E-state index >= 15 is 0 Å². The number of aryl methyl sites for hydroxylation is 2. The Morgan fingerprint density at radius 3 is 2.50 bits per heavy atom. The number of nitrogens with zero attached hydrogens (tertiary/aromatic N) is 2. The molecule has 2 aromatic rings. The van der Waals surface area contributed by atoms with E-state index in [1.807, 2.05) is 41.3 Å². The topological polar surface area (TPSA) is 60.9 Å². The second kappa shape index (κ2) is 10.1. The van der Waals surface area contributed by atoms with Crippen molar-refractivity contribution in [1.29, 1.82) is 0 Å². The molecule has 0 saturated carbocycles. The molecule has 0 bridgehead atoms. The van der Waals surface area contributed by atoms with E-state index in [2.05, 4.69) is 17.0 Å². The van der Waals surface area contributed by atoms with Crippen LogP contribution < -0.4 is 4.90 Å². The van der Waals surface area contributed by atoms with Crippen LogP contribution in [0.25, 0.3) is 0 Å². The van der Waals surface area contributed by atoms with E-state index < -0.39 is 5.97 Å². The van der Waals surface area contributed by atoms with Gasteiger partial charge in [0.05, 0.1) is 5.92 Å². The highest BCUT2D eigenvalue weighted by Crippen LogP contribution is 2.28. The Labute approximate surface area is 184 Å². The third kappa shape index (κ3) is 4.85. The van der Waals surface area contributed by atoms with Crippen molar-refractivity contribution in [3.05, 3.63) is 65.2 Å². The van der Waals surface area contributed by atoms with E-state index in [9.17, 15) is 14.7 Å². The highest BCUT2D eigenvalue weighted by Gasteiger charge is 2.27. The SMILES string of the molecule is Cl.O=C(O)[C@@H]1CCCN(CCCN2C(=O)c3ccccc3CCc3ccccc32)C1. The van der Waals surface area contributed by atoms with Crippen LogP contribution in [-0.4, -0.2) is 48.1 Å². The Morgan fingerprint density at radius 1 is 1.00 bits per heavy atom. The predicted molar refractivity (Wildman–Crippen MR) is 121 cm³/mol. The summed E-state index contributed by atoms with van der Waals surface area (Å²) >= 11 is 0. The van der Waals surface area contributed by atoms with E-state index in [1.165, 1.54) is 5.56 Å². The standard InChI is InChI=1S/C24H28N2O3.ClH/c27-23-21-10-3-1-7-18(21)12-13-19-8-2-4-11-22(19)26(23)16-6-15-25-14-5-9-20(17-25)24(28)29;/h1-4,7-8,10-11,20H,5-6,9,12-17H2,(H,28,29);1H/t20-;/m1./s1. The van der Waals surface area contributed by atoms with Crippen LogP contribution in [0, 0.1) is 5.92 Å². The number of hydrogen-bond acceptors (Lipinski definition) is 3. The second-order valence-electron chi connectivity index (χ2n) is 8.07. The summed E-state index contributed by atoms with van der Waals surface area (Å²) in [6, 6.07) is 16.1. The summed E-state index contributed by atoms with van der Waals surface area (Å²) in [6.07, 6.45) is 4.31. The second-order valence-corrected chi connectivity index (χ2v) is 8.07. The molecule has 0 aromatic heterocycles. The third-order valence-electron chi connectivity index (χ3n) is 6.15. The Hall–Kier alpha value is -2.37. The summed E-state index contributed by atoms with van der Waals surface area (Å²) in [5.74, 6) is -0.895. The number of carboxylic acids is 1. The van der Waals surface area contributed by atoms with Gasteiger partial charge in [-0.15, -0.1) is 12.4 Å². The van der Waals surface area contributed by atoms with Gasteiger partial charge in [-0.2, -0.15) is 0 Å². The summed E-state index contributed by atoms with van der Waals surface area (Å²) in [4.78, 5) is 28.9. The molecule has 0 aliphatic carbocycles. The first kappa shape index (κ1) is 22.3. The highest BCUT2D eigenvalue weighted by atomic mass is 35.5. The van der Waals surface area contributed by atoms with Crippen LogP contribution >= 0.6 is 12.4 Å². The number of likely N-dealkylation sites (tertiary alicyclic amines) is 1. The quantitative estimate of drug-likeness (QED) is 0.780. The van der Waals surface area contributed by atoms with E-state index in [0.717, 1.165) is 62.0 Å². The van der Waals surface area contributed by atoms with Crippen molar-refractivity contribution in [2.24, 2.45) is 5.92 Å². The normalized spacial score (nSPS) is 19.1. The van der Waals surface area contributed by atoms with E-state index in [4.69, 9.17) is 0 Å². The lowest BCUT2D eigenvalue weighted by Crippen LogP contribution is -2.41. The number of rotatable bonds is 5. The van der Waals surface area contributed by atoms with Crippen LogP contribution in [0.5, 0.6) is 0 Å². The molecule has 1 N–H and O–H groups in total. The number of amides is 1. The van der Waals surface area contributed by atoms with Crippen molar-refractivity contribution < 1.29 is 14.7 Å². The Bertz CT molecular complexity index is 902.